The lowest BCUT2D eigenvalue weighted by Crippen LogP contribution is -2.30. The van der Waals surface area contributed by atoms with E-state index in [4.69, 9.17) is 4.74 Å². The first-order chi connectivity index (χ1) is 9.81. The standard InChI is InChI=1S/C16H25N3O/c1-19-8-6-13(7-9-19)16-5-4-14(11-17-16)18-15-3-2-10-20-12-15/h4-5,11,13,15,18H,2-3,6-10,12H2,1H3/t15-/m1/s1. The molecular weight excluding hydrogens is 250 g/mol. The minimum Gasteiger partial charge on any atom is -0.379 e. The van der Waals surface area contributed by atoms with Gasteiger partial charge in [0.1, 0.15) is 0 Å². The van der Waals surface area contributed by atoms with E-state index >= 15 is 0 Å². The average Bonchev–Trinajstić information content (AvgIpc) is 2.50. The van der Waals surface area contributed by atoms with Crippen LogP contribution < -0.4 is 5.32 Å². The quantitative estimate of drug-likeness (QED) is 0.919. The Bertz CT molecular complexity index is 406. The van der Waals surface area contributed by atoms with Gasteiger partial charge in [0.2, 0.25) is 0 Å². The summed E-state index contributed by atoms with van der Waals surface area (Å²) in [5.41, 5.74) is 2.38. The molecular formula is C16H25N3O. The Balaban J connectivity index is 1.56. The Kier molecular flexibility index (Phi) is 4.53. The Labute approximate surface area is 121 Å². The van der Waals surface area contributed by atoms with Crippen molar-refractivity contribution in [1.29, 1.82) is 0 Å². The first-order valence-electron chi connectivity index (χ1n) is 7.80. The number of aromatic nitrogens is 1. The molecule has 1 N–H and O–H groups in total. The van der Waals surface area contributed by atoms with Crippen LogP contribution in [0.1, 0.15) is 37.3 Å². The van der Waals surface area contributed by atoms with E-state index in [1.807, 2.05) is 6.20 Å². The number of anilines is 1. The van der Waals surface area contributed by atoms with Gasteiger partial charge in [-0.2, -0.15) is 0 Å². The topological polar surface area (TPSA) is 37.4 Å². The average molecular weight is 275 g/mol. The molecule has 4 nitrogen and oxygen atoms in total. The van der Waals surface area contributed by atoms with Gasteiger partial charge in [0.05, 0.1) is 18.5 Å². The molecule has 2 aliphatic heterocycles. The Hall–Kier alpha value is -1.13. The van der Waals surface area contributed by atoms with E-state index in [1.165, 1.54) is 38.0 Å². The van der Waals surface area contributed by atoms with Crippen molar-refractivity contribution >= 4 is 5.69 Å². The number of hydrogen-bond acceptors (Lipinski definition) is 4. The number of nitrogens with zero attached hydrogens (tertiary/aromatic N) is 2. The third-order valence-corrected chi connectivity index (χ3v) is 4.45. The van der Waals surface area contributed by atoms with Crippen molar-refractivity contribution in [1.82, 2.24) is 9.88 Å². The maximum atomic E-state index is 5.50. The molecule has 0 spiro atoms. The van der Waals surface area contributed by atoms with Crippen molar-refractivity contribution in [2.75, 3.05) is 38.7 Å². The largest absolute Gasteiger partial charge is 0.379 e. The highest BCUT2D eigenvalue weighted by Gasteiger charge is 2.19. The van der Waals surface area contributed by atoms with Crippen LogP contribution in [0.15, 0.2) is 18.3 Å². The summed E-state index contributed by atoms with van der Waals surface area (Å²) < 4.78 is 5.50. The van der Waals surface area contributed by atoms with E-state index in [-0.39, 0.29) is 0 Å². The number of pyridine rings is 1. The van der Waals surface area contributed by atoms with E-state index in [0.29, 0.717) is 12.0 Å². The summed E-state index contributed by atoms with van der Waals surface area (Å²) in [6.07, 6.45) is 6.79. The first-order valence-corrected chi connectivity index (χ1v) is 7.80. The summed E-state index contributed by atoms with van der Waals surface area (Å²) in [6.45, 7) is 4.10. The molecule has 0 aromatic carbocycles. The van der Waals surface area contributed by atoms with Gasteiger partial charge >= 0.3 is 0 Å². The van der Waals surface area contributed by atoms with Crippen molar-refractivity contribution in [3.63, 3.8) is 0 Å². The molecule has 2 aliphatic rings. The molecule has 2 fully saturated rings. The molecule has 0 unspecified atom stereocenters. The maximum absolute atomic E-state index is 5.50. The molecule has 0 saturated carbocycles. The second-order valence-corrected chi connectivity index (χ2v) is 6.11. The molecule has 4 heteroatoms. The van der Waals surface area contributed by atoms with Crippen LogP contribution in [0.3, 0.4) is 0 Å². The van der Waals surface area contributed by atoms with E-state index in [2.05, 4.69) is 34.4 Å². The maximum Gasteiger partial charge on any atom is 0.0667 e. The third kappa shape index (κ3) is 3.49. The van der Waals surface area contributed by atoms with Gasteiger partial charge in [0.25, 0.3) is 0 Å². The fourth-order valence-corrected chi connectivity index (χ4v) is 3.13. The highest BCUT2D eigenvalue weighted by molar-refractivity contribution is 5.42. The van der Waals surface area contributed by atoms with Crippen molar-refractivity contribution < 1.29 is 4.74 Å². The van der Waals surface area contributed by atoms with Gasteiger partial charge < -0.3 is 15.0 Å². The normalized spacial score (nSPS) is 25.6. The van der Waals surface area contributed by atoms with Gasteiger partial charge in [-0.25, -0.2) is 0 Å². The zero-order valence-corrected chi connectivity index (χ0v) is 12.3. The Morgan fingerprint density at radius 1 is 1.25 bits per heavy atom. The number of likely N-dealkylation sites (tertiary alicyclic amines) is 1. The van der Waals surface area contributed by atoms with E-state index in [9.17, 15) is 0 Å². The van der Waals surface area contributed by atoms with Crippen LogP contribution in [-0.4, -0.2) is 49.3 Å². The summed E-state index contributed by atoms with van der Waals surface area (Å²) in [5.74, 6) is 0.637. The smallest absolute Gasteiger partial charge is 0.0667 e. The number of piperidine rings is 1. The van der Waals surface area contributed by atoms with Gasteiger partial charge in [-0.3, -0.25) is 4.98 Å². The van der Waals surface area contributed by atoms with Crippen LogP contribution in [0.4, 0.5) is 5.69 Å². The van der Waals surface area contributed by atoms with Crippen molar-refractivity contribution in [2.24, 2.45) is 0 Å². The van der Waals surface area contributed by atoms with Crippen LogP contribution in [0.5, 0.6) is 0 Å². The minimum atomic E-state index is 0.444. The predicted molar refractivity (Wildman–Crippen MR) is 81.2 cm³/mol. The van der Waals surface area contributed by atoms with Gasteiger partial charge in [-0.15, -0.1) is 0 Å². The van der Waals surface area contributed by atoms with E-state index < -0.39 is 0 Å². The van der Waals surface area contributed by atoms with Crippen LogP contribution in [0.2, 0.25) is 0 Å². The molecule has 3 heterocycles. The molecule has 0 bridgehead atoms. The van der Waals surface area contributed by atoms with E-state index in [1.54, 1.807) is 0 Å². The summed E-state index contributed by atoms with van der Waals surface area (Å²) in [5, 5.41) is 3.52. The lowest BCUT2D eigenvalue weighted by Gasteiger charge is -2.28. The molecule has 0 aliphatic carbocycles. The molecule has 20 heavy (non-hydrogen) atoms. The third-order valence-electron chi connectivity index (χ3n) is 4.45. The zero-order chi connectivity index (χ0) is 13.8. The minimum absolute atomic E-state index is 0.444. The second kappa shape index (κ2) is 6.55. The summed E-state index contributed by atoms with van der Waals surface area (Å²) in [7, 11) is 2.20. The number of nitrogens with one attached hydrogen (secondary N) is 1. The van der Waals surface area contributed by atoms with Crippen LogP contribution in [0.25, 0.3) is 0 Å². The monoisotopic (exact) mass is 275 g/mol. The Morgan fingerprint density at radius 2 is 2.10 bits per heavy atom. The molecule has 1 aromatic rings. The summed E-state index contributed by atoms with van der Waals surface area (Å²) >= 11 is 0. The lowest BCUT2D eigenvalue weighted by molar-refractivity contribution is 0.0876. The van der Waals surface area contributed by atoms with Crippen molar-refractivity contribution in [3.8, 4) is 0 Å². The fourth-order valence-electron chi connectivity index (χ4n) is 3.13. The van der Waals surface area contributed by atoms with Gasteiger partial charge in [-0.1, -0.05) is 0 Å². The van der Waals surface area contributed by atoms with Gasteiger partial charge in [-0.05, 0) is 58.0 Å². The molecule has 1 atom stereocenters. The molecule has 0 amide bonds. The SMILES string of the molecule is CN1CCC(c2ccc(N[C@@H]3CCCOC3)cn2)CC1. The van der Waals surface area contributed by atoms with E-state index in [0.717, 1.165) is 25.3 Å². The van der Waals surface area contributed by atoms with Crippen molar-refractivity contribution in [3.05, 3.63) is 24.0 Å². The number of hydrogen-bond donors (Lipinski definition) is 1. The second-order valence-electron chi connectivity index (χ2n) is 6.11. The van der Waals surface area contributed by atoms with Crippen LogP contribution in [0, 0.1) is 0 Å². The molecule has 1 aromatic heterocycles. The predicted octanol–water partition coefficient (Wildman–Crippen LogP) is 2.48. The number of rotatable bonds is 3. The summed E-state index contributed by atoms with van der Waals surface area (Å²) in [6, 6.07) is 4.82. The highest BCUT2D eigenvalue weighted by atomic mass is 16.5. The summed E-state index contributed by atoms with van der Waals surface area (Å²) in [4.78, 5) is 7.07. The molecule has 3 rings (SSSR count). The zero-order valence-electron chi connectivity index (χ0n) is 12.3. The molecule has 110 valence electrons. The Morgan fingerprint density at radius 3 is 2.75 bits per heavy atom. The first kappa shape index (κ1) is 13.8. The van der Waals surface area contributed by atoms with Crippen LogP contribution in [-0.2, 0) is 4.74 Å². The van der Waals surface area contributed by atoms with Gasteiger partial charge in [0.15, 0.2) is 0 Å². The number of ether oxygens (including phenoxy) is 1. The highest BCUT2D eigenvalue weighted by Crippen LogP contribution is 2.26. The molecule has 0 radical (unpaired) electrons. The van der Waals surface area contributed by atoms with Gasteiger partial charge in [0, 0.05) is 24.3 Å². The molecule has 2 saturated heterocycles. The van der Waals surface area contributed by atoms with Crippen LogP contribution >= 0.6 is 0 Å². The lowest BCUT2D eigenvalue weighted by atomic mass is 9.93. The fraction of sp³-hybridized carbons (Fsp3) is 0.688. The van der Waals surface area contributed by atoms with Crippen molar-refractivity contribution in [2.45, 2.75) is 37.6 Å².